The van der Waals surface area contributed by atoms with Crippen LogP contribution in [0.25, 0.3) is 21.9 Å². The van der Waals surface area contributed by atoms with Gasteiger partial charge in [0.25, 0.3) is 0 Å². The van der Waals surface area contributed by atoms with Crippen molar-refractivity contribution in [2.75, 3.05) is 42.6 Å². The molecule has 4 aromatic rings. The van der Waals surface area contributed by atoms with Crippen LogP contribution in [-0.4, -0.2) is 47.7 Å². The van der Waals surface area contributed by atoms with E-state index in [1.807, 2.05) is 43.3 Å². The number of hydrogen-bond donors (Lipinski definition) is 1. The highest BCUT2D eigenvalue weighted by atomic mass is 35.5. The monoisotopic (exact) mass is 407 g/mol. The fourth-order valence-corrected chi connectivity index (χ4v) is 4.19. The number of halogens is 1. The van der Waals surface area contributed by atoms with Gasteiger partial charge in [0.05, 0.1) is 6.61 Å². The topological polar surface area (TPSA) is 57.3 Å². The molecule has 7 heteroatoms. The first-order valence-electron chi connectivity index (χ1n) is 9.87. The summed E-state index contributed by atoms with van der Waals surface area (Å²) in [5.41, 5.74) is 4.12. The van der Waals surface area contributed by atoms with Gasteiger partial charge >= 0.3 is 0 Å². The molecule has 29 heavy (non-hydrogen) atoms. The van der Waals surface area contributed by atoms with Gasteiger partial charge in [0, 0.05) is 47.8 Å². The second-order valence-electron chi connectivity index (χ2n) is 7.14. The van der Waals surface area contributed by atoms with E-state index in [0.29, 0.717) is 6.61 Å². The number of rotatable bonds is 4. The smallest absolute Gasteiger partial charge is 0.156 e. The van der Waals surface area contributed by atoms with Gasteiger partial charge in [0.1, 0.15) is 23.1 Å². The summed E-state index contributed by atoms with van der Waals surface area (Å²) < 4.78 is 5.66. The number of aromatic amines is 1. The molecule has 0 amide bonds. The van der Waals surface area contributed by atoms with E-state index in [2.05, 4.69) is 30.8 Å². The van der Waals surface area contributed by atoms with Crippen LogP contribution >= 0.6 is 11.6 Å². The molecule has 6 nitrogen and oxygen atoms in total. The molecule has 1 fully saturated rings. The quantitative estimate of drug-likeness (QED) is 0.540. The molecule has 148 valence electrons. The molecule has 0 atom stereocenters. The first-order chi connectivity index (χ1) is 14.2. The van der Waals surface area contributed by atoms with E-state index in [9.17, 15) is 0 Å². The van der Waals surface area contributed by atoms with E-state index >= 15 is 0 Å². The fourth-order valence-electron chi connectivity index (χ4n) is 4.00. The van der Waals surface area contributed by atoms with Crippen LogP contribution in [-0.2, 0) is 0 Å². The average Bonchev–Trinajstić information content (AvgIpc) is 3.12. The lowest BCUT2D eigenvalue weighted by molar-refractivity contribution is 0.341. The number of aromatic nitrogens is 3. The first kappa shape index (κ1) is 18.1. The number of H-pyrrole nitrogens is 1. The molecule has 0 radical (unpaired) electrons. The van der Waals surface area contributed by atoms with E-state index in [1.54, 1.807) is 6.33 Å². The molecule has 1 aliphatic rings. The van der Waals surface area contributed by atoms with Gasteiger partial charge in [0.15, 0.2) is 5.82 Å². The van der Waals surface area contributed by atoms with Crippen molar-refractivity contribution >= 4 is 45.0 Å². The van der Waals surface area contributed by atoms with E-state index in [-0.39, 0.29) is 0 Å². The number of ether oxygens (including phenoxy) is 1. The molecule has 1 aliphatic heterocycles. The van der Waals surface area contributed by atoms with Crippen LogP contribution in [0.2, 0.25) is 5.02 Å². The number of piperazine rings is 1. The number of anilines is 2. The summed E-state index contributed by atoms with van der Waals surface area (Å²) in [6, 6.07) is 14.1. The van der Waals surface area contributed by atoms with Crippen molar-refractivity contribution in [3.63, 3.8) is 0 Å². The number of nitrogens with zero attached hydrogens (tertiary/aromatic N) is 4. The lowest BCUT2D eigenvalue weighted by Gasteiger charge is -2.36. The highest BCUT2D eigenvalue weighted by Gasteiger charge is 2.22. The van der Waals surface area contributed by atoms with Crippen LogP contribution < -0.4 is 14.5 Å². The van der Waals surface area contributed by atoms with Gasteiger partial charge in [-0.15, -0.1) is 0 Å². The van der Waals surface area contributed by atoms with Crippen LogP contribution in [0.4, 0.5) is 11.5 Å². The third-order valence-electron chi connectivity index (χ3n) is 5.40. The zero-order chi connectivity index (χ0) is 19.8. The summed E-state index contributed by atoms with van der Waals surface area (Å²) in [4.78, 5) is 17.4. The number of nitrogens with one attached hydrogen (secondary N) is 1. The third kappa shape index (κ3) is 3.34. The van der Waals surface area contributed by atoms with Gasteiger partial charge in [0.2, 0.25) is 0 Å². The van der Waals surface area contributed by atoms with Crippen LogP contribution in [0.1, 0.15) is 6.92 Å². The zero-order valence-corrected chi connectivity index (χ0v) is 17.0. The van der Waals surface area contributed by atoms with Crippen LogP contribution in [0.5, 0.6) is 5.75 Å². The van der Waals surface area contributed by atoms with Crippen molar-refractivity contribution in [1.29, 1.82) is 0 Å². The number of hydrogen-bond acceptors (Lipinski definition) is 5. The van der Waals surface area contributed by atoms with Crippen molar-refractivity contribution in [2.45, 2.75) is 6.92 Å². The third-order valence-corrected chi connectivity index (χ3v) is 5.63. The van der Waals surface area contributed by atoms with Gasteiger partial charge in [-0.05, 0) is 43.3 Å². The molecule has 3 heterocycles. The summed E-state index contributed by atoms with van der Waals surface area (Å²) in [6.45, 7) is 6.24. The van der Waals surface area contributed by atoms with E-state index in [1.165, 1.54) is 5.69 Å². The van der Waals surface area contributed by atoms with Gasteiger partial charge in [-0.2, -0.15) is 0 Å². The Labute approximate surface area is 174 Å². The number of benzene rings is 2. The van der Waals surface area contributed by atoms with Crippen molar-refractivity contribution in [3.8, 4) is 5.75 Å². The maximum Gasteiger partial charge on any atom is 0.156 e. The van der Waals surface area contributed by atoms with Crippen molar-refractivity contribution in [2.24, 2.45) is 0 Å². The molecule has 0 spiro atoms. The SMILES string of the molecule is CCOc1ccc2[nH]c3c(N4CCN(c5cccc(Cl)c5)CC4)ncnc3c2c1. The maximum absolute atomic E-state index is 6.16. The molecule has 0 saturated carbocycles. The second-order valence-corrected chi connectivity index (χ2v) is 7.58. The van der Waals surface area contributed by atoms with E-state index in [4.69, 9.17) is 16.3 Å². The first-order valence-corrected chi connectivity index (χ1v) is 10.3. The highest BCUT2D eigenvalue weighted by molar-refractivity contribution is 6.30. The largest absolute Gasteiger partial charge is 0.494 e. The summed E-state index contributed by atoms with van der Waals surface area (Å²) in [5.74, 6) is 1.81. The fraction of sp³-hybridized carbons (Fsp3) is 0.273. The molecule has 2 aromatic heterocycles. The summed E-state index contributed by atoms with van der Waals surface area (Å²) in [7, 11) is 0. The minimum absolute atomic E-state index is 0.644. The zero-order valence-electron chi connectivity index (χ0n) is 16.2. The molecular weight excluding hydrogens is 386 g/mol. The van der Waals surface area contributed by atoms with E-state index in [0.717, 1.165) is 64.7 Å². The Balaban J connectivity index is 1.44. The van der Waals surface area contributed by atoms with Crippen molar-refractivity contribution < 1.29 is 4.74 Å². The minimum atomic E-state index is 0.644. The van der Waals surface area contributed by atoms with Gasteiger partial charge < -0.3 is 19.5 Å². The lowest BCUT2D eigenvalue weighted by atomic mass is 10.2. The predicted octanol–water partition coefficient (Wildman–Crippen LogP) is 4.49. The van der Waals surface area contributed by atoms with Gasteiger partial charge in [-0.1, -0.05) is 17.7 Å². The molecule has 0 aliphatic carbocycles. The van der Waals surface area contributed by atoms with Gasteiger partial charge in [-0.3, -0.25) is 0 Å². The normalized spacial score (nSPS) is 14.7. The summed E-state index contributed by atoms with van der Waals surface area (Å²) in [6.07, 6.45) is 1.65. The van der Waals surface area contributed by atoms with Gasteiger partial charge in [-0.25, -0.2) is 9.97 Å². The van der Waals surface area contributed by atoms with Crippen molar-refractivity contribution in [1.82, 2.24) is 15.0 Å². The highest BCUT2D eigenvalue weighted by Crippen LogP contribution is 2.32. The number of fused-ring (bicyclic) bond motifs is 3. The molecule has 1 saturated heterocycles. The average molecular weight is 408 g/mol. The molecular formula is C22H22ClN5O. The maximum atomic E-state index is 6.16. The lowest BCUT2D eigenvalue weighted by Crippen LogP contribution is -2.47. The van der Waals surface area contributed by atoms with Crippen molar-refractivity contribution in [3.05, 3.63) is 53.8 Å². The van der Waals surface area contributed by atoms with Crippen LogP contribution in [0.15, 0.2) is 48.8 Å². The Kier molecular flexibility index (Phi) is 4.64. The van der Waals surface area contributed by atoms with E-state index < -0.39 is 0 Å². The van der Waals surface area contributed by atoms with Crippen LogP contribution in [0, 0.1) is 0 Å². The molecule has 0 bridgehead atoms. The molecule has 0 unspecified atom stereocenters. The summed E-state index contributed by atoms with van der Waals surface area (Å²) in [5, 5.41) is 1.83. The Hall–Kier alpha value is -2.99. The Morgan fingerprint density at radius 3 is 2.66 bits per heavy atom. The minimum Gasteiger partial charge on any atom is -0.494 e. The molecule has 1 N–H and O–H groups in total. The Morgan fingerprint density at radius 2 is 1.86 bits per heavy atom. The molecule has 2 aromatic carbocycles. The predicted molar refractivity (Wildman–Crippen MR) is 118 cm³/mol. The van der Waals surface area contributed by atoms with Crippen LogP contribution in [0.3, 0.4) is 0 Å². The second kappa shape index (κ2) is 7.44. The Bertz CT molecular complexity index is 1170. The Morgan fingerprint density at radius 1 is 1.03 bits per heavy atom. The molecule has 5 rings (SSSR count). The standard InChI is InChI=1S/C22H22ClN5O/c1-2-29-17-6-7-19-18(13-17)20-21(26-19)22(25-14-24-20)28-10-8-27(9-11-28)16-5-3-4-15(23)12-16/h3-7,12-14,26H,2,8-11H2,1H3. The summed E-state index contributed by atoms with van der Waals surface area (Å²) >= 11 is 6.16.